The number of sulfonamides is 1. The lowest BCUT2D eigenvalue weighted by Gasteiger charge is -2.20. The molecular weight excluding hydrogens is 404 g/mol. The highest BCUT2D eigenvalue weighted by Gasteiger charge is 2.20. The van der Waals surface area contributed by atoms with E-state index in [-0.39, 0.29) is 18.0 Å². The summed E-state index contributed by atoms with van der Waals surface area (Å²) in [5.41, 5.74) is -0.461. The summed E-state index contributed by atoms with van der Waals surface area (Å²) in [7, 11) is -3.85. The zero-order chi connectivity index (χ0) is 21.1. The first-order valence-electron chi connectivity index (χ1n) is 8.53. The van der Waals surface area contributed by atoms with E-state index in [0.717, 1.165) is 0 Å². The number of hydrogen-bond donors (Lipinski definition) is 1. The third kappa shape index (κ3) is 6.38. The highest BCUT2D eigenvalue weighted by molar-refractivity contribution is 7.91. The summed E-state index contributed by atoms with van der Waals surface area (Å²) < 4.78 is 33.6. The van der Waals surface area contributed by atoms with Crippen LogP contribution in [0.25, 0.3) is 0 Å². The summed E-state index contributed by atoms with van der Waals surface area (Å²) >= 11 is 5.88. The Balaban J connectivity index is 2.24. The van der Waals surface area contributed by atoms with Gasteiger partial charge in [-0.3, -0.25) is 18.9 Å². The Hall–Kier alpha value is -2.32. The fourth-order valence-electron chi connectivity index (χ4n) is 2.50. The van der Waals surface area contributed by atoms with E-state index in [9.17, 15) is 18.0 Å². The van der Waals surface area contributed by atoms with Crippen LogP contribution in [-0.2, 0) is 31.9 Å². The van der Waals surface area contributed by atoms with Gasteiger partial charge < -0.3 is 4.74 Å². The molecule has 0 aliphatic heterocycles. The van der Waals surface area contributed by atoms with Crippen molar-refractivity contribution in [3.8, 4) is 0 Å². The predicted molar refractivity (Wildman–Crippen MR) is 109 cm³/mol. The monoisotopic (exact) mass is 426 g/mol. The highest BCUT2D eigenvalue weighted by Crippen LogP contribution is 2.15. The van der Waals surface area contributed by atoms with E-state index in [0.29, 0.717) is 16.3 Å². The smallest absolute Gasteiger partial charge is 0.326 e. The van der Waals surface area contributed by atoms with Crippen LogP contribution < -0.4 is 10.3 Å². The molecule has 1 aromatic carbocycles. The van der Waals surface area contributed by atoms with Gasteiger partial charge in [-0.1, -0.05) is 23.7 Å². The Kier molecular flexibility index (Phi) is 6.56. The van der Waals surface area contributed by atoms with E-state index in [1.54, 1.807) is 52.0 Å². The van der Waals surface area contributed by atoms with E-state index in [4.69, 9.17) is 16.3 Å². The molecule has 0 atom stereocenters. The highest BCUT2D eigenvalue weighted by atomic mass is 35.5. The fraction of sp³-hybridized carbons (Fsp3) is 0.368. The van der Waals surface area contributed by atoms with Gasteiger partial charge in [0.25, 0.3) is 5.56 Å². The average molecular weight is 427 g/mol. The first-order valence-corrected chi connectivity index (χ1v) is 10.6. The van der Waals surface area contributed by atoms with Gasteiger partial charge in [0.1, 0.15) is 17.8 Å². The number of carbonyl (C=O) groups is 1. The Morgan fingerprint density at radius 2 is 1.89 bits per heavy atom. The van der Waals surface area contributed by atoms with Crippen LogP contribution in [0, 0.1) is 6.92 Å². The van der Waals surface area contributed by atoms with Crippen molar-refractivity contribution in [1.82, 2.24) is 4.57 Å². The summed E-state index contributed by atoms with van der Waals surface area (Å²) in [5, 5.41) is 0.419. The third-order valence-electron chi connectivity index (χ3n) is 3.61. The molecule has 1 aromatic heterocycles. The number of esters is 1. The summed E-state index contributed by atoms with van der Waals surface area (Å²) in [4.78, 5) is 24.8. The van der Waals surface area contributed by atoms with Gasteiger partial charge in [-0.25, -0.2) is 8.42 Å². The van der Waals surface area contributed by atoms with Crippen LogP contribution >= 0.6 is 11.6 Å². The number of nitrogens with one attached hydrogen (secondary N) is 1. The lowest BCUT2D eigenvalue weighted by Crippen LogP contribution is -2.33. The summed E-state index contributed by atoms with van der Waals surface area (Å²) in [6.07, 6.45) is 0. The quantitative estimate of drug-likeness (QED) is 0.716. The maximum Gasteiger partial charge on any atom is 0.326 e. The summed E-state index contributed by atoms with van der Waals surface area (Å²) in [6.45, 7) is 6.50. The molecule has 0 spiro atoms. The average Bonchev–Trinajstić information content (AvgIpc) is 2.52. The van der Waals surface area contributed by atoms with E-state index in [2.05, 4.69) is 4.72 Å². The number of hydrogen-bond acceptors (Lipinski definition) is 5. The van der Waals surface area contributed by atoms with Gasteiger partial charge in [0.2, 0.25) is 10.0 Å². The fourth-order valence-corrected chi connectivity index (χ4v) is 3.89. The van der Waals surface area contributed by atoms with Crippen LogP contribution in [0.1, 0.15) is 32.0 Å². The molecule has 9 heteroatoms. The maximum atomic E-state index is 12.7. The molecule has 0 bridgehead atoms. The number of aromatic nitrogens is 1. The summed E-state index contributed by atoms with van der Waals surface area (Å²) in [6, 6.07) is 9.38. The minimum atomic E-state index is -3.85. The molecule has 0 unspecified atom stereocenters. The van der Waals surface area contributed by atoms with Crippen molar-refractivity contribution in [2.24, 2.45) is 0 Å². The van der Waals surface area contributed by atoms with Gasteiger partial charge in [0.15, 0.2) is 0 Å². The van der Waals surface area contributed by atoms with Crippen molar-refractivity contribution in [2.75, 3.05) is 4.72 Å². The molecule has 2 rings (SSSR count). The SMILES string of the molecule is Cc1ccc(NS(=O)(=O)Cc2cccc(Cl)c2)c(=O)n1CC(=O)OC(C)(C)C. The first kappa shape index (κ1) is 22.0. The minimum Gasteiger partial charge on any atom is -0.459 e. The van der Waals surface area contributed by atoms with Crippen molar-refractivity contribution in [2.45, 2.75) is 45.6 Å². The molecule has 152 valence electrons. The van der Waals surface area contributed by atoms with Crippen LogP contribution in [0.15, 0.2) is 41.2 Å². The normalized spacial score (nSPS) is 11.9. The molecule has 0 amide bonds. The zero-order valence-corrected chi connectivity index (χ0v) is 17.7. The van der Waals surface area contributed by atoms with Crippen molar-refractivity contribution >= 4 is 33.3 Å². The van der Waals surface area contributed by atoms with Crippen LogP contribution in [0.5, 0.6) is 0 Å². The standard InChI is InChI=1S/C19H23ClN2O5S/c1-13-8-9-16(18(24)22(13)11-17(23)27-19(2,3)4)21-28(25,26)12-14-6-5-7-15(20)10-14/h5-10,21H,11-12H2,1-4H3. The van der Waals surface area contributed by atoms with Gasteiger partial charge in [0.05, 0.1) is 5.75 Å². The number of nitrogens with zero attached hydrogens (tertiary/aromatic N) is 1. The second kappa shape index (κ2) is 8.36. The number of carbonyl (C=O) groups excluding carboxylic acids is 1. The van der Waals surface area contributed by atoms with Gasteiger partial charge in [-0.05, 0) is 57.5 Å². The zero-order valence-electron chi connectivity index (χ0n) is 16.2. The second-order valence-corrected chi connectivity index (χ2v) is 9.52. The van der Waals surface area contributed by atoms with E-state index >= 15 is 0 Å². The molecule has 0 aliphatic carbocycles. The van der Waals surface area contributed by atoms with Gasteiger partial charge in [0, 0.05) is 10.7 Å². The van der Waals surface area contributed by atoms with Crippen molar-refractivity contribution in [3.63, 3.8) is 0 Å². The molecular formula is C19H23ClN2O5S. The number of rotatable bonds is 6. The topological polar surface area (TPSA) is 94.5 Å². The van der Waals surface area contributed by atoms with Crippen LogP contribution in [0.4, 0.5) is 5.69 Å². The molecule has 0 fully saturated rings. The maximum absolute atomic E-state index is 12.7. The Morgan fingerprint density at radius 3 is 2.50 bits per heavy atom. The summed E-state index contributed by atoms with van der Waals surface area (Å²) in [5.74, 6) is -0.927. The van der Waals surface area contributed by atoms with Crippen molar-refractivity contribution in [1.29, 1.82) is 0 Å². The molecule has 1 N–H and O–H groups in total. The first-order chi connectivity index (χ1) is 12.9. The van der Waals surface area contributed by atoms with Crippen molar-refractivity contribution in [3.05, 3.63) is 63.0 Å². The van der Waals surface area contributed by atoms with Crippen LogP contribution in [-0.4, -0.2) is 24.6 Å². The number of aryl methyl sites for hydroxylation is 1. The molecule has 0 radical (unpaired) electrons. The number of anilines is 1. The number of halogens is 1. The van der Waals surface area contributed by atoms with Gasteiger partial charge in [-0.2, -0.15) is 0 Å². The van der Waals surface area contributed by atoms with E-state index in [1.165, 1.54) is 16.7 Å². The largest absolute Gasteiger partial charge is 0.459 e. The molecule has 1 heterocycles. The number of benzene rings is 1. The number of ether oxygens (including phenoxy) is 1. The van der Waals surface area contributed by atoms with Crippen LogP contribution in [0.2, 0.25) is 5.02 Å². The van der Waals surface area contributed by atoms with E-state index in [1.807, 2.05) is 0 Å². The molecule has 0 saturated heterocycles. The Bertz CT molecular complexity index is 1040. The van der Waals surface area contributed by atoms with Crippen LogP contribution in [0.3, 0.4) is 0 Å². The Labute approximate surface area is 169 Å². The molecule has 7 nitrogen and oxygen atoms in total. The third-order valence-corrected chi connectivity index (χ3v) is 5.09. The Morgan fingerprint density at radius 1 is 1.21 bits per heavy atom. The molecule has 2 aromatic rings. The lowest BCUT2D eigenvalue weighted by atomic mass is 10.2. The van der Waals surface area contributed by atoms with Gasteiger partial charge in [-0.15, -0.1) is 0 Å². The minimum absolute atomic E-state index is 0.142. The molecule has 0 aliphatic rings. The van der Waals surface area contributed by atoms with Gasteiger partial charge >= 0.3 is 5.97 Å². The molecule has 28 heavy (non-hydrogen) atoms. The predicted octanol–water partition coefficient (Wildman–Crippen LogP) is 3.09. The van der Waals surface area contributed by atoms with E-state index < -0.39 is 27.2 Å². The molecule has 0 saturated carbocycles. The number of pyridine rings is 1. The second-order valence-electron chi connectivity index (χ2n) is 7.36. The van der Waals surface area contributed by atoms with Crippen molar-refractivity contribution < 1.29 is 17.9 Å². The lowest BCUT2D eigenvalue weighted by molar-refractivity contribution is -0.155.